The molecule has 4 heterocycles. The predicted octanol–water partition coefficient (Wildman–Crippen LogP) is 15.0. The number of benzene rings is 6. The highest BCUT2D eigenvalue weighted by Gasteiger charge is 2.16. The van der Waals surface area contributed by atoms with Gasteiger partial charge in [-0.05, 0) is 107 Å². The summed E-state index contributed by atoms with van der Waals surface area (Å²) in [5, 5.41) is 3.81. The molecule has 0 unspecified atom stereocenters. The molecule has 10 aromatic rings. The van der Waals surface area contributed by atoms with E-state index in [1.54, 1.807) is 6.20 Å². The Morgan fingerprint density at radius 2 is 1.09 bits per heavy atom. The molecule has 0 fully saturated rings. The van der Waals surface area contributed by atoms with E-state index in [1.165, 1.54) is 46.3 Å². The standard InChI is InChI=1S/C52H35N3S2/c1-3-4-14-43-33(2)56-50-23-21-37(29-45(43)50)40-26-41(38-22-24-51-46(30-38)44-15-8-9-16-49(44)57-51)28-42(27-40)48-31-47(54-52(55-48)36-11-6-5-7-12-36)35-19-17-34(18-20-35)39-13-10-25-53-32-39/h3-32H,1H2,2H3/b14-4-. The van der Waals surface area contributed by atoms with Crippen LogP contribution in [0.3, 0.4) is 0 Å². The first-order valence-electron chi connectivity index (χ1n) is 18.9. The summed E-state index contributed by atoms with van der Waals surface area (Å²) < 4.78 is 3.86. The number of hydrogen-bond donors (Lipinski definition) is 0. The van der Waals surface area contributed by atoms with Gasteiger partial charge in [-0.2, -0.15) is 0 Å². The first kappa shape index (κ1) is 34.7. The van der Waals surface area contributed by atoms with Crippen molar-refractivity contribution in [3.63, 3.8) is 0 Å². The van der Waals surface area contributed by atoms with Crippen LogP contribution < -0.4 is 0 Å². The van der Waals surface area contributed by atoms with Crippen LogP contribution >= 0.6 is 22.7 Å². The Labute approximate surface area is 339 Å². The lowest BCUT2D eigenvalue weighted by Crippen LogP contribution is -1.96. The quantitative estimate of drug-likeness (QED) is 0.145. The van der Waals surface area contributed by atoms with Crippen molar-refractivity contribution in [2.24, 2.45) is 0 Å². The van der Waals surface area contributed by atoms with Crippen molar-refractivity contribution in [1.82, 2.24) is 15.0 Å². The van der Waals surface area contributed by atoms with E-state index in [1.807, 2.05) is 65.3 Å². The second-order valence-electron chi connectivity index (χ2n) is 14.1. The molecule has 0 bridgehead atoms. The van der Waals surface area contributed by atoms with Gasteiger partial charge in [0, 0.05) is 64.2 Å². The fraction of sp³-hybridized carbons (Fsp3) is 0.0192. The molecule has 0 amide bonds. The summed E-state index contributed by atoms with van der Waals surface area (Å²) in [5.74, 6) is 0.686. The number of rotatable bonds is 8. The Morgan fingerprint density at radius 1 is 0.474 bits per heavy atom. The monoisotopic (exact) mass is 765 g/mol. The topological polar surface area (TPSA) is 38.7 Å². The predicted molar refractivity (Wildman–Crippen MR) is 245 cm³/mol. The highest BCUT2D eigenvalue weighted by Crippen LogP contribution is 2.41. The van der Waals surface area contributed by atoms with Crippen molar-refractivity contribution in [3.8, 4) is 67.3 Å². The minimum atomic E-state index is 0.686. The molecule has 5 heteroatoms. The minimum absolute atomic E-state index is 0.686. The molecule has 0 aliphatic heterocycles. The molecule has 10 rings (SSSR count). The van der Waals surface area contributed by atoms with Gasteiger partial charge >= 0.3 is 0 Å². The van der Waals surface area contributed by atoms with Crippen molar-refractivity contribution >= 4 is 59.0 Å². The molecule has 57 heavy (non-hydrogen) atoms. The van der Waals surface area contributed by atoms with Gasteiger partial charge in [0.15, 0.2) is 5.82 Å². The van der Waals surface area contributed by atoms with Gasteiger partial charge in [0.2, 0.25) is 0 Å². The summed E-state index contributed by atoms with van der Waals surface area (Å²) in [6.07, 6.45) is 9.72. The zero-order chi connectivity index (χ0) is 38.3. The Balaban J connectivity index is 1.18. The normalized spacial score (nSPS) is 11.6. The van der Waals surface area contributed by atoms with Crippen LogP contribution in [0.25, 0.3) is 104 Å². The molecule has 0 saturated heterocycles. The van der Waals surface area contributed by atoms with Crippen molar-refractivity contribution in [2.45, 2.75) is 6.92 Å². The average molecular weight is 766 g/mol. The van der Waals surface area contributed by atoms with E-state index in [4.69, 9.17) is 9.97 Å². The molecule has 0 atom stereocenters. The van der Waals surface area contributed by atoms with Crippen LogP contribution in [-0.4, -0.2) is 15.0 Å². The molecular weight excluding hydrogens is 731 g/mol. The molecule has 270 valence electrons. The third-order valence-corrected chi connectivity index (χ3v) is 12.8. The first-order chi connectivity index (χ1) is 28.1. The van der Waals surface area contributed by atoms with Crippen LogP contribution in [0.15, 0.2) is 183 Å². The Hall–Kier alpha value is -6.79. The lowest BCUT2D eigenvalue weighted by atomic mass is 9.93. The molecule has 0 spiro atoms. The number of aryl methyl sites for hydroxylation is 1. The van der Waals surface area contributed by atoms with Crippen LogP contribution in [0.1, 0.15) is 10.4 Å². The maximum absolute atomic E-state index is 5.28. The van der Waals surface area contributed by atoms with Gasteiger partial charge in [-0.15, -0.1) is 22.7 Å². The van der Waals surface area contributed by atoms with Crippen LogP contribution in [0.2, 0.25) is 0 Å². The SMILES string of the molecule is C=C/C=C\c1c(C)sc2ccc(-c3cc(-c4ccc5sc6ccccc6c5c4)cc(-c4cc(-c5ccc(-c6cccnc6)cc5)nc(-c5ccccc5)n4)c3)cc12. The van der Waals surface area contributed by atoms with E-state index in [9.17, 15) is 0 Å². The number of nitrogens with zero attached hydrogens (tertiary/aromatic N) is 3. The maximum Gasteiger partial charge on any atom is 0.160 e. The Bertz CT molecular complexity index is 3140. The number of allylic oxidation sites excluding steroid dienone is 2. The number of aromatic nitrogens is 3. The number of thiophene rings is 2. The van der Waals surface area contributed by atoms with Crippen LogP contribution in [0.4, 0.5) is 0 Å². The molecule has 0 aliphatic carbocycles. The van der Waals surface area contributed by atoms with Crippen molar-refractivity contribution in [1.29, 1.82) is 0 Å². The van der Waals surface area contributed by atoms with Crippen molar-refractivity contribution < 1.29 is 0 Å². The maximum atomic E-state index is 5.28. The number of hydrogen-bond acceptors (Lipinski definition) is 5. The van der Waals surface area contributed by atoms with Gasteiger partial charge in [-0.25, -0.2) is 9.97 Å². The zero-order valence-electron chi connectivity index (χ0n) is 31.2. The minimum Gasteiger partial charge on any atom is -0.264 e. The summed E-state index contributed by atoms with van der Waals surface area (Å²) >= 11 is 3.67. The largest absolute Gasteiger partial charge is 0.264 e. The molecule has 6 aromatic carbocycles. The van der Waals surface area contributed by atoms with Gasteiger partial charge in [-0.1, -0.05) is 116 Å². The summed E-state index contributed by atoms with van der Waals surface area (Å²) in [7, 11) is 0. The molecule has 0 N–H and O–H groups in total. The van der Waals surface area contributed by atoms with Gasteiger partial charge < -0.3 is 0 Å². The average Bonchev–Trinajstić information content (AvgIpc) is 3.81. The van der Waals surface area contributed by atoms with Gasteiger partial charge in [0.1, 0.15) is 0 Å². The van der Waals surface area contributed by atoms with Crippen molar-refractivity contribution in [2.75, 3.05) is 0 Å². The first-order valence-corrected chi connectivity index (χ1v) is 20.6. The van der Waals surface area contributed by atoms with Crippen LogP contribution in [-0.2, 0) is 0 Å². The van der Waals surface area contributed by atoms with Crippen LogP contribution in [0.5, 0.6) is 0 Å². The molecule has 0 aliphatic rings. The Morgan fingerprint density at radius 3 is 1.82 bits per heavy atom. The second-order valence-corrected chi connectivity index (χ2v) is 16.5. The number of pyridine rings is 1. The summed E-state index contributed by atoms with van der Waals surface area (Å²) in [5.41, 5.74) is 12.8. The summed E-state index contributed by atoms with van der Waals surface area (Å²) in [4.78, 5) is 16.1. The molecular formula is C52H35N3S2. The zero-order valence-corrected chi connectivity index (χ0v) is 32.8. The van der Waals surface area contributed by atoms with E-state index >= 15 is 0 Å². The highest BCUT2D eigenvalue weighted by atomic mass is 32.1. The van der Waals surface area contributed by atoms with E-state index in [2.05, 4.69) is 152 Å². The Kier molecular flexibility index (Phi) is 8.94. The third-order valence-electron chi connectivity index (χ3n) is 10.5. The number of fused-ring (bicyclic) bond motifs is 4. The van der Waals surface area contributed by atoms with Crippen molar-refractivity contribution in [3.05, 3.63) is 193 Å². The van der Waals surface area contributed by atoms with E-state index < -0.39 is 0 Å². The fourth-order valence-corrected chi connectivity index (χ4v) is 9.75. The van der Waals surface area contributed by atoms with Gasteiger partial charge in [-0.3, -0.25) is 4.98 Å². The van der Waals surface area contributed by atoms with E-state index in [0.717, 1.165) is 55.9 Å². The summed E-state index contributed by atoms with van der Waals surface area (Å²) in [6, 6.07) is 54.3. The highest BCUT2D eigenvalue weighted by molar-refractivity contribution is 7.25. The molecule has 4 aromatic heterocycles. The second kappa shape index (κ2) is 14.7. The summed E-state index contributed by atoms with van der Waals surface area (Å²) in [6.45, 7) is 6.11. The van der Waals surface area contributed by atoms with Gasteiger partial charge in [0.25, 0.3) is 0 Å². The lowest BCUT2D eigenvalue weighted by molar-refractivity contribution is 1.18. The third kappa shape index (κ3) is 6.67. The van der Waals surface area contributed by atoms with Crippen LogP contribution in [0, 0.1) is 6.92 Å². The van der Waals surface area contributed by atoms with Gasteiger partial charge in [0.05, 0.1) is 11.4 Å². The van der Waals surface area contributed by atoms with E-state index in [0.29, 0.717) is 5.82 Å². The smallest absolute Gasteiger partial charge is 0.160 e. The molecule has 0 saturated carbocycles. The van der Waals surface area contributed by atoms with E-state index in [-0.39, 0.29) is 0 Å². The molecule has 0 radical (unpaired) electrons. The fourth-order valence-electron chi connectivity index (χ4n) is 7.63. The molecule has 3 nitrogen and oxygen atoms in total. The lowest BCUT2D eigenvalue weighted by Gasteiger charge is -2.14.